The number of aromatic nitrogens is 2. The number of aliphatic imine (C=N–C) groups is 1. The van der Waals surface area contributed by atoms with Gasteiger partial charge in [-0.3, -0.25) is 0 Å². The summed E-state index contributed by atoms with van der Waals surface area (Å²) in [5, 5.41) is 3.85. The van der Waals surface area contributed by atoms with Gasteiger partial charge in [-0.25, -0.2) is 9.98 Å². The minimum atomic E-state index is 0.451. The number of aryl methyl sites for hydroxylation is 1. The molecule has 3 rings (SSSR count). The summed E-state index contributed by atoms with van der Waals surface area (Å²) in [5.74, 6) is 1.34. The minimum Gasteiger partial charge on any atom is -0.370 e. The molecule has 3 N–H and O–H groups in total. The summed E-state index contributed by atoms with van der Waals surface area (Å²) in [6, 6.07) is 6.22. The first kappa shape index (κ1) is 12.3. The van der Waals surface area contributed by atoms with E-state index in [0.717, 1.165) is 16.9 Å². The van der Waals surface area contributed by atoms with Crippen molar-refractivity contribution in [2.24, 2.45) is 17.8 Å². The van der Waals surface area contributed by atoms with E-state index in [1.807, 2.05) is 29.8 Å². The number of hydrogen-bond donors (Lipinski definition) is 2. The van der Waals surface area contributed by atoms with Crippen molar-refractivity contribution in [2.45, 2.75) is 25.4 Å². The van der Waals surface area contributed by atoms with Crippen LogP contribution in [0.3, 0.4) is 0 Å². The maximum atomic E-state index is 6.18. The summed E-state index contributed by atoms with van der Waals surface area (Å²) >= 11 is 6.18. The highest BCUT2D eigenvalue weighted by atomic mass is 35.5. The first-order valence-electron chi connectivity index (χ1n) is 6.31. The molecule has 100 valence electrons. The Labute approximate surface area is 116 Å². The van der Waals surface area contributed by atoms with Crippen LogP contribution >= 0.6 is 11.6 Å². The summed E-state index contributed by atoms with van der Waals surface area (Å²) in [4.78, 5) is 8.85. The molecule has 0 spiro atoms. The maximum absolute atomic E-state index is 6.18. The molecular weight excluding hydrogens is 262 g/mol. The number of rotatable bonds is 3. The second-order valence-corrected chi connectivity index (χ2v) is 5.22. The quantitative estimate of drug-likeness (QED) is 0.664. The Hall–Kier alpha value is -1.75. The maximum Gasteiger partial charge on any atom is 0.189 e. The number of halogens is 1. The highest BCUT2D eigenvalue weighted by Gasteiger charge is 2.21. The Morgan fingerprint density at radius 2 is 2.37 bits per heavy atom. The lowest BCUT2D eigenvalue weighted by atomic mass is 10.3. The Balaban J connectivity index is 1.84. The van der Waals surface area contributed by atoms with Crippen LogP contribution < -0.4 is 11.1 Å². The number of benzene rings is 1. The lowest BCUT2D eigenvalue weighted by Gasteiger charge is -2.03. The predicted molar refractivity (Wildman–Crippen MR) is 77.2 cm³/mol. The minimum absolute atomic E-state index is 0.451. The van der Waals surface area contributed by atoms with Crippen LogP contribution in [0.2, 0.25) is 5.02 Å². The molecule has 1 aromatic carbocycles. The number of imidazole rings is 1. The third-order valence-corrected chi connectivity index (χ3v) is 3.56. The van der Waals surface area contributed by atoms with E-state index in [4.69, 9.17) is 17.3 Å². The molecule has 0 amide bonds. The predicted octanol–water partition coefficient (Wildman–Crippen LogP) is 1.79. The molecule has 1 aromatic heterocycles. The topological polar surface area (TPSA) is 68.2 Å². The second kappa shape index (κ2) is 4.74. The van der Waals surface area contributed by atoms with E-state index in [0.29, 0.717) is 23.6 Å². The molecule has 2 aromatic rings. The van der Waals surface area contributed by atoms with Gasteiger partial charge in [0.05, 0.1) is 16.1 Å². The van der Waals surface area contributed by atoms with Crippen LogP contribution in [0.1, 0.15) is 18.7 Å². The highest BCUT2D eigenvalue weighted by molar-refractivity contribution is 6.35. The molecule has 1 aliphatic carbocycles. The fourth-order valence-electron chi connectivity index (χ4n) is 2.05. The zero-order chi connectivity index (χ0) is 13.4. The van der Waals surface area contributed by atoms with Crippen molar-refractivity contribution < 1.29 is 0 Å². The third kappa shape index (κ3) is 2.51. The Morgan fingerprint density at radius 3 is 3.05 bits per heavy atom. The van der Waals surface area contributed by atoms with Gasteiger partial charge in [-0.2, -0.15) is 0 Å². The summed E-state index contributed by atoms with van der Waals surface area (Å²) < 4.78 is 1.96. The molecule has 0 saturated heterocycles. The molecule has 0 unspecified atom stereocenters. The van der Waals surface area contributed by atoms with E-state index >= 15 is 0 Å². The van der Waals surface area contributed by atoms with Crippen molar-refractivity contribution in [3.63, 3.8) is 0 Å². The fraction of sp³-hybridized carbons (Fsp3) is 0.385. The van der Waals surface area contributed by atoms with E-state index in [2.05, 4.69) is 15.3 Å². The number of nitrogens with one attached hydrogen (secondary N) is 1. The van der Waals surface area contributed by atoms with Crippen LogP contribution in [0.15, 0.2) is 23.2 Å². The van der Waals surface area contributed by atoms with Gasteiger partial charge in [0.25, 0.3) is 0 Å². The van der Waals surface area contributed by atoms with Crippen LogP contribution in [0, 0.1) is 0 Å². The van der Waals surface area contributed by atoms with Gasteiger partial charge in [0, 0.05) is 13.1 Å². The summed E-state index contributed by atoms with van der Waals surface area (Å²) in [7, 11) is 1.94. The molecule has 19 heavy (non-hydrogen) atoms. The lowest BCUT2D eigenvalue weighted by molar-refractivity contribution is 0.800. The number of hydrogen-bond acceptors (Lipinski definition) is 2. The molecule has 0 bridgehead atoms. The molecule has 1 fully saturated rings. The van der Waals surface area contributed by atoms with Gasteiger partial charge in [0.15, 0.2) is 5.96 Å². The van der Waals surface area contributed by atoms with Gasteiger partial charge in [0.2, 0.25) is 0 Å². The zero-order valence-electron chi connectivity index (χ0n) is 10.7. The van der Waals surface area contributed by atoms with Crippen LogP contribution in [0.4, 0.5) is 0 Å². The van der Waals surface area contributed by atoms with Crippen molar-refractivity contribution in [1.29, 1.82) is 0 Å². The van der Waals surface area contributed by atoms with Gasteiger partial charge in [0.1, 0.15) is 12.4 Å². The first-order valence-corrected chi connectivity index (χ1v) is 6.69. The van der Waals surface area contributed by atoms with E-state index in [-0.39, 0.29) is 0 Å². The third-order valence-electron chi connectivity index (χ3n) is 3.26. The van der Waals surface area contributed by atoms with Crippen molar-refractivity contribution in [1.82, 2.24) is 14.9 Å². The number of nitrogens with zero attached hydrogens (tertiary/aromatic N) is 3. The Bertz CT molecular complexity index is 642. The highest BCUT2D eigenvalue weighted by Crippen LogP contribution is 2.23. The average Bonchev–Trinajstić information content (AvgIpc) is 3.11. The number of nitrogens with two attached hydrogens (primary N) is 1. The SMILES string of the molecule is Cn1c(CN=C(N)NC2CC2)nc2cccc(Cl)c21. The number of fused-ring (bicyclic) bond motifs is 1. The van der Waals surface area contributed by atoms with Crippen molar-refractivity contribution in [3.8, 4) is 0 Å². The largest absolute Gasteiger partial charge is 0.370 e. The number of guanidine groups is 1. The number of para-hydroxylation sites is 1. The summed E-state index contributed by atoms with van der Waals surface area (Å²) in [6.45, 7) is 0.451. The molecule has 1 aliphatic rings. The molecule has 5 nitrogen and oxygen atoms in total. The van der Waals surface area contributed by atoms with Crippen LogP contribution in [0.5, 0.6) is 0 Å². The van der Waals surface area contributed by atoms with E-state index in [1.165, 1.54) is 12.8 Å². The molecule has 0 atom stereocenters. The van der Waals surface area contributed by atoms with E-state index in [1.54, 1.807) is 0 Å². The summed E-state index contributed by atoms with van der Waals surface area (Å²) in [6.07, 6.45) is 2.36. The monoisotopic (exact) mass is 277 g/mol. The molecular formula is C13H16ClN5. The molecule has 0 radical (unpaired) electrons. The van der Waals surface area contributed by atoms with Crippen LogP contribution in [-0.2, 0) is 13.6 Å². The van der Waals surface area contributed by atoms with Crippen LogP contribution in [-0.4, -0.2) is 21.6 Å². The van der Waals surface area contributed by atoms with Gasteiger partial charge in [-0.1, -0.05) is 17.7 Å². The smallest absolute Gasteiger partial charge is 0.189 e. The lowest BCUT2D eigenvalue weighted by Crippen LogP contribution is -2.33. The normalized spacial score (nSPS) is 16.0. The van der Waals surface area contributed by atoms with Crippen molar-refractivity contribution in [3.05, 3.63) is 29.0 Å². The van der Waals surface area contributed by atoms with Gasteiger partial charge in [-0.15, -0.1) is 0 Å². The Morgan fingerprint density at radius 1 is 1.58 bits per heavy atom. The van der Waals surface area contributed by atoms with Crippen molar-refractivity contribution >= 4 is 28.6 Å². The average molecular weight is 278 g/mol. The fourth-order valence-corrected chi connectivity index (χ4v) is 2.35. The molecule has 6 heteroatoms. The Kier molecular flexibility index (Phi) is 3.06. The zero-order valence-corrected chi connectivity index (χ0v) is 11.5. The van der Waals surface area contributed by atoms with E-state index < -0.39 is 0 Å². The van der Waals surface area contributed by atoms with Gasteiger partial charge >= 0.3 is 0 Å². The van der Waals surface area contributed by atoms with E-state index in [9.17, 15) is 0 Å². The first-order chi connectivity index (χ1) is 9.15. The molecule has 1 saturated carbocycles. The molecule has 0 aliphatic heterocycles. The van der Waals surface area contributed by atoms with Crippen molar-refractivity contribution in [2.75, 3.05) is 0 Å². The summed E-state index contributed by atoms with van der Waals surface area (Å²) in [5.41, 5.74) is 7.63. The van der Waals surface area contributed by atoms with Crippen LogP contribution in [0.25, 0.3) is 11.0 Å². The standard InChI is InChI=1S/C13H16ClN5/c1-19-11(7-16-13(15)17-8-5-6-8)18-10-4-2-3-9(14)12(10)19/h2-4,8H,5-7H2,1H3,(H3,15,16,17). The van der Waals surface area contributed by atoms with Gasteiger partial charge < -0.3 is 15.6 Å². The van der Waals surface area contributed by atoms with Gasteiger partial charge in [-0.05, 0) is 25.0 Å². The second-order valence-electron chi connectivity index (χ2n) is 4.81. The molecule has 1 heterocycles.